The lowest BCUT2D eigenvalue weighted by atomic mass is 10.0. The number of carboxylic acid groups (broad SMARTS) is 1. The molecular weight excluding hydrogens is 601 g/mol. The molecule has 1 unspecified atom stereocenters. The van der Waals surface area contributed by atoms with Crippen LogP contribution >= 0.6 is 35.0 Å². The van der Waals surface area contributed by atoms with Crippen LogP contribution in [0, 0.1) is 0 Å². The molecule has 3 aromatic carbocycles. The third-order valence-electron chi connectivity index (χ3n) is 6.04. The molecule has 0 aliphatic carbocycles. The van der Waals surface area contributed by atoms with Crippen molar-refractivity contribution in [3.8, 4) is 11.5 Å². The fraction of sp³-hybridized carbons (Fsp3) is 0.133. The second kappa shape index (κ2) is 14.1. The molecule has 0 spiro atoms. The first-order chi connectivity index (χ1) is 20.2. The third-order valence-corrected chi connectivity index (χ3v) is 7.73. The predicted molar refractivity (Wildman–Crippen MR) is 161 cm³/mol. The van der Waals surface area contributed by atoms with Gasteiger partial charge in [-0.3, -0.25) is 9.59 Å². The molecule has 0 bridgehead atoms. The van der Waals surface area contributed by atoms with Gasteiger partial charge in [0.25, 0.3) is 11.8 Å². The van der Waals surface area contributed by atoms with Gasteiger partial charge in [-0.25, -0.2) is 9.78 Å². The SMILES string of the molecule is COc1ccc(OC)c(Sc2ncccc2C(=O)NC(Cc2ccc(NC(=O)c3c(Cl)cccc3Cl)cc2)C(=O)O)c1. The standard InChI is InChI=1S/C30H25Cl2N3O6S/c1-40-19-12-13-24(41-2)25(16-19)42-29-20(5-4-14-33-29)27(36)35-23(30(38)39)15-17-8-10-18(11-9-17)34-28(37)26-21(31)6-3-7-22(26)32/h3-14,16,23H,15H2,1-2H3,(H,34,37)(H,35,36)(H,38,39). The monoisotopic (exact) mass is 625 g/mol. The Balaban J connectivity index is 1.46. The number of carbonyl (C=O) groups is 3. The number of benzene rings is 3. The van der Waals surface area contributed by atoms with Gasteiger partial charge < -0.3 is 25.2 Å². The van der Waals surface area contributed by atoms with E-state index in [1.54, 1.807) is 86.1 Å². The molecule has 3 N–H and O–H groups in total. The van der Waals surface area contributed by atoms with Crippen LogP contribution in [0.25, 0.3) is 0 Å². The molecule has 4 aromatic rings. The highest BCUT2D eigenvalue weighted by Crippen LogP contribution is 2.37. The van der Waals surface area contributed by atoms with Gasteiger partial charge in [0.2, 0.25) is 0 Å². The summed E-state index contributed by atoms with van der Waals surface area (Å²) >= 11 is 13.4. The van der Waals surface area contributed by atoms with Gasteiger partial charge >= 0.3 is 5.97 Å². The number of nitrogens with zero attached hydrogens (tertiary/aromatic N) is 1. The summed E-state index contributed by atoms with van der Waals surface area (Å²) in [4.78, 5) is 43.0. The van der Waals surface area contributed by atoms with E-state index in [2.05, 4.69) is 15.6 Å². The van der Waals surface area contributed by atoms with Crippen LogP contribution in [-0.2, 0) is 11.2 Å². The Morgan fingerprint density at radius 2 is 1.64 bits per heavy atom. The highest BCUT2D eigenvalue weighted by atomic mass is 35.5. The summed E-state index contributed by atoms with van der Waals surface area (Å²) in [6.07, 6.45) is 1.54. The van der Waals surface area contributed by atoms with Crippen LogP contribution in [0.2, 0.25) is 10.0 Å². The summed E-state index contributed by atoms with van der Waals surface area (Å²) in [5.74, 6) is -1.12. The zero-order valence-electron chi connectivity index (χ0n) is 22.4. The number of carbonyl (C=O) groups excluding carboxylic acids is 2. The molecule has 4 rings (SSSR count). The molecule has 0 aliphatic heterocycles. The van der Waals surface area contributed by atoms with Crippen LogP contribution in [0.3, 0.4) is 0 Å². The number of anilines is 1. The molecule has 0 fully saturated rings. The van der Waals surface area contributed by atoms with Gasteiger partial charge in [0.05, 0.1) is 40.3 Å². The fourth-order valence-electron chi connectivity index (χ4n) is 3.92. The Bertz CT molecular complexity index is 1600. The molecule has 2 amide bonds. The minimum absolute atomic E-state index is 0.00190. The first kappa shape index (κ1) is 30.7. The number of pyridine rings is 1. The lowest BCUT2D eigenvalue weighted by molar-refractivity contribution is -0.139. The van der Waals surface area contributed by atoms with Crippen LogP contribution in [-0.4, -0.2) is 48.1 Å². The maximum Gasteiger partial charge on any atom is 0.326 e. The number of aliphatic carboxylic acids is 1. The fourth-order valence-corrected chi connectivity index (χ4v) is 5.51. The first-order valence-electron chi connectivity index (χ1n) is 12.4. The highest BCUT2D eigenvalue weighted by Gasteiger charge is 2.24. The number of hydrogen-bond acceptors (Lipinski definition) is 7. The van der Waals surface area contributed by atoms with Crippen molar-refractivity contribution >= 4 is 58.4 Å². The van der Waals surface area contributed by atoms with E-state index in [9.17, 15) is 19.5 Å². The average Bonchev–Trinajstić information content (AvgIpc) is 2.97. The van der Waals surface area contributed by atoms with Crippen molar-refractivity contribution in [1.29, 1.82) is 0 Å². The maximum absolute atomic E-state index is 13.3. The Morgan fingerprint density at radius 1 is 0.929 bits per heavy atom. The number of amides is 2. The summed E-state index contributed by atoms with van der Waals surface area (Å²) < 4.78 is 10.7. The molecule has 12 heteroatoms. The van der Waals surface area contributed by atoms with E-state index in [-0.39, 0.29) is 27.6 Å². The van der Waals surface area contributed by atoms with Crippen molar-refractivity contribution in [3.05, 3.63) is 106 Å². The van der Waals surface area contributed by atoms with Crippen LogP contribution < -0.4 is 20.1 Å². The van der Waals surface area contributed by atoms with Gasteiger partial charge in [0.15, 0.2) is 0 Å². The quantitative estimate of drug-likeness (QED) is 0.179. The third kappa shape index (κ3) is 7.52. The molecular formula is C30H25Cl2N3O6S. The van der Waals surface area contributed by atoms with Crippen molar-refractivity contribution < 1.29 is 29.0 Å². The molecule has 1 aromatic heterocycles. The van der Waals surface area contributed by atoms with Gasteiger partial charge in [0, 0.05) is 18.3 Å². The number of ether oxygens (including phenoxy) is 2. The Kier molecular flexibility index (Phi) is 10.3. The van der Waals surface area contributed by atoms with Crippen LogP contribution in [0.1, 0.15) is 26.3 Å². The molecule has 9 nitrogen and oxygen atoms in total. The highest BCUT2D eigenvalue weighted by molar-refractivity contribution is 7.99. The van der Waals surface area contributed by atoms with Crippen LogP contribution in [0.4, 0.5) is 5.69 Å². The zero-order valence-corrected chi connectivity index (χ0v) is 24.7. The number of hydrogen-bond donors (Lipinski definition) is 3. The minimum atomic E-state index is -1.23. The predicted octanol–water partition coefficient (Wildman–Crippen LogP) is 6.23. The van der Waals surface area contributed by atoms with E-state index in [0.29, 0.717) is 32.7 Å². The van der Waals surface area contributed by atoms with Crippen molar-refractivity contribution in [1.82, 2.24) is 10.3 Å². The maximum atomic E-state index is 13.3. The summed E-state index contributed by atoms with van der Waals surface area (Å²) in [5.41, 5.74) is 1.44. The number of rotatable bonds is 11. The molecule has 42 heavy (non-hydrogen) atoms. The van der Waals surface area contributed by atoms with Crippen LogP contribution in [0.5, 0.6) is 11.5 Å². The summed E-state index contributed by atoms with van der Waals surface area (Å²) in [7, 11) is 3.08. The Hall–Kier alpha value is -4.25. The summed E-state index contributed by atoms with van der Waals surface area (Å²) in [6, 6.07) is 18.5. The lowest BCUT2D eigenvalue weighted by Crippen LogP contribution is -2.42. The normalized spacial score (nSPS) is 11.3. The number of aromatic nitrogens is 1. The number of carboxylic acids is 1. The molecule has 1 heterocycles. The van der Waals surface area contributed by atoms with Crippen molar-refractivity contribution in [3.63, 3.8) is 0 Å². The van der Waals surface area contributed by atoms with Crippen LogP contribution in [0.15, 0.2) is 88.9 Å². The summed E-state index contributed by atoms with van der Waals surface area (Å²) in [6.45, 7) is 0. The van der Waals surface area contributed by atoms with E-state index >= 15 is 0 Å². The lowest BCUT2D eigenvalue weighted by Gasteiger charge is -2.17. The molecule has 0 saturated carbocycles. The Morgan fingerprint density at radius 3 is 2.29 bits per heavy atom. The summed E-state index contributed by atoms with van der Waals surface area (Å²) in [5, 5.41) is 16.0. The minimum Gasteiger partial charge on any atom is -0.497 e. The van der Waals surface area contributed by atoms with Gasteiger partial charge in [0.1, 0.15) is 22.6 Å². The second-order valence-corrected chi connectivity index (χ2v) is 10.6. The van der Waals surface area contributed by atoms with E-state index in [1.807, 2.05) is 0 Å². The molecule has 0 radical (unpaired) electrons. The Labute approximate surface area is 256 Å². The van der Waals surface area contributed by atoms with E-state index in [1.165, 1.54) is 18.9 Å². The van der Waals surface area contributed by atoms with Crippen molar-refractivity contribution in [2.45, 2.75) is 22.4 Å². The van der Waals surface area contributed by atoms with Gasteiger partial charge in [-0.15, -0.1) is 0 Å². The first-order valence-corrected chi connectivity index (χ1v) is 14.0. The van der Waals surface area contributed by atoms with Gasteiger partial charge in [-0.2, -0.15) is 0 Å². The molecule has 0 aliphatic rings. The van der Waals surface area contributed by atoms with E-state index in [0.717, 1.165) is 0 Å². The molecule has 216 valence electrons. The van der Waals surface area contributed by atoms with E-state index in [4.69, 9.17) is 32.7 Å². The number of methoxy groups -OCH3 is 2. The smallest absolute Gasteiger partial charge is 0.326 e. The average molecular weight is 627 g/mol. The van der Waals surface area contributed by atoms with Crippen molar-refractivity contribution in [2.75, 3.05) is 19.5 Å². The van der Waals surface area contributed by atoms with Gasteiger partial charge in [-0.05, 0) is 60.2 Å². The van der Waals surface area contributed by atoms with E-state index < -0.39 is 23.8 Å². The molecule has 1 atom stereocenters. The second-order valence-electron chi connectivity index (χ2n) is 8.79. The number of halogens is 2. The zero-order chi connectivity index (χ0) is 30.2. The molecule has 0 saturated heterocycles. The topological polar surface area (TPSA) is 127 Å². The largest absolute Gasteiger partial charge is 0.497 e. The van der Waals surface area contributed by atoms with Crippen molar-refractivity contribution in [2.24, 2.45) is 0 Å². The van der Waals surface area contributed by atoms with Gasteiger partial charge in [-0.1, -0.05) is 53.2 Å². The number of nitrogens with one attached hydrogen (secondary N) is 2.